The monoisotopic (exact) mass is 374 g/mol. The number of rotatable bonds is 6. The van der Waals surface area contributed by atoms with Crippen molar-refractivity contribution in [3.8, 4) is 11.5 Å². The van der Waals surface area contributed by atoms with E-state index in [9.17, 15) is 22.8 Å². The molecule has 1 aliphatic rings. The molecule has 2 rings (SSSR count). The van der Waals surface area contributed by atoms with Gasteiger partial charge in [0.15, 0.2) is 0 Å². The Hall–Kier alpha value is -2.45. The van der Waals surface area contributed by atoms with Crippen LogP contribution in [0.5, 0.6) is 11.5 Å². The fourth-order valence-electron chi connectivity index (χ4n) is 2.94. The van der Waals surface area contributed by atoms with Crippen LogP contribution in [0, 0.1) is 0 Å². The van der Waals surface area contributed by atoms with E-state index in [1.54, 1.807) is 18.2 Å². The molecule has 1 aromatic carbocycles. The predicted molar refractivity (Wildman–Crippen MR) is 87.0 cm³/mol. The molecule has 2 amide bonds. The number of nitrogens with zero attached hydrogens (tertiary/aromatic N) is 1. The summed E-state index contributed by atoms with van der Waals surface area (Å²) in [7, 11) is 3.04. The molecule has 9 heteroatoms. The van der Waals surface area contributed by atoms with Crippen LogP contribution in [0.25, 0.3) is 0 Å². The van der Waals surface area contributed by atoms with E-state index in [0.29, 0.717) is 29.2 Å². The maximum atomic E-state index is 12.6. The average Bonchev–Trinajstić information content (AvgIpc) is 3.09. The van der Waals surface area contributed by atoms with E-state index >= 15 is 0 Å². The lowest BCUT2D eigenvalue weighted by Gasteiger charge is -2.24. The van der Waals surface area contributed by atoms with Crippen LogP contribution in [0.15, 0.2) is 18.2 Å². The smallest absolute Gasteiger partial charge is 0.471 e. The lowest BCUT2D eigenvalue weighted by molar-refractivity contribution is -0.186. The number of carbonyl (C=O) groups is 2. The van der Waals surface area contributed by atoms with Gasteiger partial charge < -0.3 is 19.7 Å². The molecular formula is C17H21F3N2O4. The van der Waals surface area contributed by atoms with Gasteiger partial charge in [-0.05, 0) is 30.9 Å². The minimum atomic E-state index is -4.97. The van der Waals surface area contributed by atoms with Crippen LogP contribution in [0.3, 0.4) is 0 Å². The van der Waals surface area contributed by atoms with Gasteiger partial charge in [0.25, 0.3) is 0 Å². The van der Waals surface area contributed by atoms with Crippen molar-refractivity contribution in [3.63, 3.8) is 0 Å². The molecule has 1 fully saturated rings. The molecule has 1 N–H and O–H groups in total. The Morgan fingerprint density at radius 1 is 1.27 bits per heavy atom. The SMILES string of the molecule is COc1ccc(CCNC(=O)C2CCCN2C(=O)C(F)(F)F)c(OC)c1. The molecule has 0 radical (unpaired) electrons. The predicted octanol–water partition coefficient (Wildman–Crippen LogP) is 1.92. The number of carbonyl (C=O) groups excluding carboxylic acids is 2. The van der Waals surface area contributed by atoms with Gasteiger partial charge in [0.1, 0.15) is 17.5 Å². The molecule has 0 saturated carbocycles. The Kier molecular flexibility index (Phi) is 6.33. The van der Waals surface area contributed by atoms with Crippen LogP contribution in [0.1, 0.15) is 18.4 Å². The summed E-state index contributed by atoms with van der Waals surface area (Å²) < 4.78 is 48.2. The molecule has 1 atom stereocenters. The Bertz CT molecular complexity index is 664. The highest BCUT2D eigenvalue weighted by molar-refractivity contribution is 5.90. The van der Waals surface area contributed by atoms with E-state index in [1.807, 2.05) is 0 Å². The highest BCUT2D eigenvalue weighted by Gasteiger charge is 2.47. The third-order valence-corrected chi connectivity index (χ3v) is 4.25. The molecule has 0 spiro atoms. The highest BCUT2D eigenvalue weighted by Crippen LogP contribution is 2.26. The molecule has 1 aliphatic heterocycles. The quantitative estimate of drug-likeness (QED) is 0.826. The molecule has 0 bridgehead atoms. The zero-order valence-electron chi connectivity index (χ0n) is 14.6. The Morgan fingerprint density at radius 2 is 2.00 bits per heavy atom. The minimum absolute atomic E-state index is 0.0667. The molecule has 0 aromatic heterocycles. The average molecular weight is 374 g/mol. The maximum absolute atomic E-state index is 12.6. The number of hydrogen-bond acceptors (Lipinski definition) is 4. The molecular weight excluding hydrogens is 353 g/mol. The molecule has 144 valence electrons. The van der Waals surface area contributed by atoms with Gasteiger partial charge in [-0.3, -0.25) is 9.59 Å². The molecule has 1 heterocycles. The Balaban J connectivity index is 1.93. The van der Waals surface area contributed by atoms with Gasteiger partial charge in [-0.1, -0.05) is 6.07 Å². The summed E-state index contributed by atoms with van der Waals surface area (Å²) in [6, 6.07) is 4.17. The van der Waals surface area contributed by atoms with Crippen molar-refractivity contribution in [3.05, 3.63) is 23.8 Å². The number of alkyl halides is 3. The molecule has 1 unspecified atom stereocenters. The van der Waals surface area contributed by atoms with Gasteiger partial charge in [0, 0.05) is 19.2 Å². The largest absolute Gasteiger partial charge is 0.497 e. The van der Waals surface area contributed by atoms with Crippen molar-refractivity contribution in [2.75, 3.05) is 27.3 Å². The standard InChI is InChI=1S/C17H21F3N2O4/c1-25-12-6-5-11(14(10-12)26-2)7-8-21-15(23)13-4-3-9-22(13)16(24)17(18,19)20/h5-6,10,13H,3-4,7-9H2,1-2H3,(H,21,23). The second-order valence-electron chi connectivity index (χ2n) is 5.87. The van der Waals surface area contributed by atoms with Gasteiger partial charge >= 0.3 is 12.1 Å². The van der Waals surface area contributed by atoms with Crippen molar-refractivity contribution < 1.29 is 32.2 Å². The highest BCUT2D eigenvalue weighted by atomic mass is 19.4. The second-order valence-corrected chi connectivity index (χ2v) is 5.87. The van der Waals surface area contributed by atoms with Crippen LogP contribution in [0.4, 0.5) is 13.2 Å². The van der Waals surface area contributed by atoms with Crippen LogP contribution < -0.4 is 14.8 Å². The van der Waals surface area contributed by atoms with Crippen LogP contribution in [-0.2, 0) is 16.0 Å². The van der Waals surface area contributed by atoms with Gasteiger partial charge in [0.05, 0.1) is 14.2 Å². The normalized spacial score (nSPS) is 17.1. The lowest BCUT2D eigenvalue weighted by atomic mass is 10.1. The van der Waals surface area contributed by atoms with E-state index < -0.39 is 24.0 Å². The number of benzene rings is 1. The number of likely N-dealkylation sites (tertiary alicyclic amines) is 1. The first kappa shape index (κ1) is 19.9. The van der Waals surface area contributed by atoms with Crippen molar-refractivity contribution >= 4 is 11.8 Å². The fraction of sp³-hybridized carbons (Fsp3) is 0.529. The molecule has 6 nitrogen and oxygen atoms in total. The number of nitrogens with one attached hydrogen (secondary N) is 1. The maximum Gasteiger partial charge on any atom is 0.471 e. The first-order chi connectivity index (χ1) is 12.3. The zero-order valence-corrected chi connectivity index (χ0v) is 14.6. The third-order valence-electron chi connectivity index (χ3n) is 4.25. The van der Waals surface area contributed by atoms with Crippen molar-refractivity contribution in [2.45, 2.75) is 31.5 Å². The van der Waals surface area contributed by atoms with E-state index in [1.165, 1.54) is 14.2 Å². The first-order valence-corrected chi connectivity index (χ1v) is 8.14. The van der Waals surface area contributed by atoms with Crippen LogP contribution in [-0.4, -0.2) is 56.2 Å². The zero-order chi connectivity index (χ0) is 19.3. The number of amides is 2. The van der Waals surface area contributed by atoms with Crippen molar-refractivity contribution in [1.29, 1.82) is 0 Å². The van der Waals surface area contributed by atoms with E-state index in [0.717, 1.165) is 5.56 Å². The number of halogens is 3. The summed E-state index contributed by atoms with van der Waals surface area (Å²) in [6.07, 6.45) is -3.95. The van der Waals surface area contributed by atoms with E-state index in [2.05, 4.69) is 5.32 Å². The van der Waals surface area contributed by atoms with Gasteiger partial charge in [-0.15, -0.1) is 0 Å². The Morgan fingerprint density at radius 3 is 2.62 bits per heavy atom. The second kappa shape index (κ2) is 8.29. The molecule has 26 heavy (non-hydrogen) atoms. The first-order valence-electron chi connectivity index (χ1n) is 8.14. The lowest BCUT2D eigenvalue weighted by Crippen LogP contribution is -2.50. The summed E-state index contributed by atoms with van der Waals surface area (Å²) in [5.74, 6) is -1.32. The summed E-state index contributed by atoms with van der Waals surface area (Å²) in [5.41, 5.74) is 0.822. The summed E-state index contributed by atoms with van der Waals surface area (Å²) in [6.45, 7) is 0.148. The van der Waals surface area contributed by atoms with Crippen LogP contribution in [0.2, 0.25) is 0 Å². The van der Waals surface area contributed by atoms with Crippen molar-refractivity contribution in [1.82, 2.24) is 10.2 Å². The number of ether oxygens (including phenoxy) is 2. The van der Waals surface area contributed by atoms with Crippen LogP contribution >= 0.6 is 0 Å². The van der Waals surface area contributed by atoms with Gasteiger partial charge in [-0.25, -0.2) is 0 Å². The minimum Gasteiger partial charge on any atom is -0.497 e. The third kappa shape index (κ3) is 4.59. The van der Waals surface area contributed by atoms with E-state index in [-0.39, 0.29) is 19.5 Å². The van der Waals surface area contributed by atoms with Gasteiger partial charge in [-0.2, -0.15) is 13.2 Å². The fourth-order valence-corrected chi connectivity index (χ4v) is 2.94. The summed E-state index contributed by atoms with van der Waals surface area (Å²) in [4.78, 5) is 24.2. The number of methoxy groups -OCH3 is 2. The van der Waals surface area contributed by atoms with Gasteiger partial charge in [0.2, 0.25) is 5.91 Å². The topological polar surface area (TPSA) is 67.9 Å². The van der Waals surface area contributed by atoms with E-state index in [4.69, 9.17) is 9.47 Å². The van der Waals surface area contributed by atoms with Crippen molar-refractivity contribution in [2.24, 2.45) is 0 Å². The number of hydrogen-bond donors (Lipinski definition) is 1. The molecule has 1 aromatic rings. The Labute approximate surface area is 149 Å². The summed E-state index contributed by atoms with van der Waals surface area (Å²) >= 11 is 0. The molecule has 1 saturated heterocycles. The summed E-state index contributed by atoms with van der Waals surface area (Å²) in [5, 5.41) is 2.60. The molecule has 0 aliphatic carbocycles.